The van der Waals surface area contributed by atoms with Crippen molar-refractivity contribution in [1.29, 1.82) is 0 Å². The van der Waals surface area contributed by atoms with Gasteiger partial charge in [0.25, 0.3) is 0 Å². The Kier molecular flexibility index (Phi) is 8.04. The van der Waals surface area contributed by atoms with Crippen LogP contribution in [0.5, 0.6) is 0 Å². The van der Waals surface area contributed by atoms with Crippen molar-refractivity contribution in [3.8, 4) is 0 Å². The Morgan fingerprint density at radius 3 is 2.36 bits per heavy atom. The second kappa shape index (κ2) is 9.73. The topological polar surface area (TPSA) is 140 Å². The van der Waals surface area contributed by atoms with E-state index in [1.54, 1.807) is 20.8 Å². The number of aliphatic hydroxyl groups excluding tert-OH is 2. The van der Waals surface area contributed by atoms with Crippen LogP contribution in [0, 0.1) is 16.7 Å². The average molecular weight is 625 g/mol. The lowest BCUT2D eigenvalue weighted by Crippen LogP contribution is -2.87. The molecule has 1 heterocycles. The normalized spacial score (nSPS) is 44.7. The number of hydrogen-bond acceptors (Lipinski definition) is 9. The van der Waals surface area contributed by atoms with E-state index in [9.17, 15) is 29.7 Å². The molecule has 9 atom stereocenters. The number of fused-ring (bicyclic) bond motifs is 3. The molecule has 2 aliphatic carbocycles. The minimum Gasteiger partial charge on any atom is -0.466 e. The minimum atomic E-state index is -2.25. The van der Waals surface area contributed by atoms with Crippen LogP contribution >= 0.6 is 22.6 Å². The molecular formula is C26H41IO9. The van der Waals surface area contributed by atoms with Crippen LogP contribution < -0.4 is 0 Å². The van der Waals surface area contributed by atoms with Gasteiger partial charge in [0.15, 0.2) is 17.5 Å². The van der Waals surface area contributed by atoms with E-state index in [1.165, 1.54) is 13.8 Å². The van der Waals surface area contributed by atoms with Crippen LogP contribution in [0.3, 0.4) is 0 Å². The highest BCUT2D eigenvalue weighted by Crippen LogP contribution is 2.67. The summed E-state index contributed by atoms with van der Waals surface area (Å²) in [6.45, 7) is 11.9. The van der Waals surface area contributed by atoms with Gasteiger partial charge in [-0.2, -0.15) is 0 Å². The van der Waals surface area contributed by atoms with Crippen molar-refractivity contribution in [2.45, 2.75) is 120 Å². The predicted molar refractivity (Wildman–Crippen MR) is 138 cm³/mol. The molecule has 1 aliphatic heterocycles. The van der Waals surface area contributed by atoms with Crippen molar-refractivity contribution in [2.24, 2.45) is 16.7 Å². The Bertz CT molecular complexity index is 908. The number of rotatable bonds is 6. The highest BCUT2D eigenvalue weighted by atomic mass is 127. The predicted octanol–water partition coefficient (Wildman–Crippen LogP) is 2.48. The first kappa shape index (κ1) is 29.7. The standard InChI is InChI=1S/C26H41IO9/c1-8-34-18(31)10-9-15(27)23(5)13-17(30)26(33)24(6)16(29)11-12-22(3,4)20(24)19(32)21(35-14(2)28)25(26,7)36-23/h15-16,19-21,29,32-33H,8-13H2,1-7H3/t15-,16-,19-,20-,21-,23+,24-,25+,26-/m0/s1. The number of hydrogen-bond donors (Lipinski definition) is 3. The van der Waals surface area contributed by atoms with Gasteiger partial charge in [-0.15, -0.1) is 0 Å². The van der Waals surface area contributed by atoms with Gasteiger partial charge in [0.05, 0.1) is 24.4 Å². The Balaban J connectivity index is 2.13. The summed E-state index contributed by atoms with van der Waals surface area (Å²) in [5, 5.41) is 35.5. The summed E-state index contributed by atoms with van der Waals surface area (Å²) in [6, 6.07) is 0. The van der Waals surface area contributed by atoms with Crippen molar-refractivity contribution >= 4 is 40.3 Å². The van der Waals surface area contributed by atoms with E-state index in [-0.39, 0.29) is 29.3 Å². The highest BCUT2D eigenvalue weighted by Gasteiger charge is 2.81. The van der Waals surface area contributed by atoms with Gasteiger partial charge < -0.3 is 29.5 Å². The van der Waals surface area contributed by atoms with Crippen molar-refractivity contribution in [1.82, 2.24) is 0 Å². The summed E-state index contributed by atoms with van der Waals surface area (Å²) in [5.41, 5.74) is -7.31. The lowest BCUT2D eigenvalue weighted by atomic mass is 9.39. The molecule has 0 aromatic carbocycles. The summed E-state index contributed by atoms with van der Waals surface area (Å²) in [5.74, 6) is -2.34. The maximum Gasteiger partial charge on any atom is 0.305 e. The number of Topliss-reactive ketones (excluding diaryl/α,β-unsaturated/α-hetero) is 1. The summed E-state index contributed by atoms with van der Waals surface area (Å²) < 4.78 is 16.9. The maximum atomic E-state index is 14.1. The maximum absolute atomic E-state index is 14.1. The molecule has 0 aromatic rings. The molecular weight excluding hydrogens is 583 g/mol. The number of ketones is 1. The number of aliphatic hydroxyl groups is 3. The lowest BCUT2D eigenvalue weighted by molar-refractivity contribution is -0.374. The zero-order valence-electron chi connectivity index (χ0n) is 22.3. The number of halogens is 1. The monoisotopic (exact) mass is 624 g/mol. The summed E-state index contributed by atoms with van der Waals surface area (Å²) in [6.07, 6.45) is -2.57. The zero-order valence-corrected chi connectivity index (χ0v) is 24.5. The quantitative estimate of drug-likeness (QED) is 0.231. The SMILES string of the molecule is CCOC(=O)CC[C@H](I)[C@@]1(C)CC(=O)[C@]2(O)[C@@]3(C)[C@@H](O)CCC(C)(C)[C@@H]3[C@H](O)[C@H](OC(C)=O)[C@@]2(C)O1. The molecule has 36 heavy (non-hydrogen) atoms. The number of ether oxygens (including phenoxy) is 3. The Labute approximate surface area is 226 Å². The molecule has 0 spiro atoms. The molecule has 0 amide bonds. The van der Waals surface area contributed by atoms with E-state index in [2.05, 4.69) is 22.6 Å². The van der Waals surface area contributed by atoms with Crippen LogP contribution in [0.25, 0.3) is 0 Å². The summed E-state index contributed by atoms with van der Waals surface area (Å²) >= 11 is 2.13. The number of carbonyl (C=O) groups excluding carboxylic acids is 3. The van der Waals surface area contributed by atoms with Crippen molar-refractivity contribution in [2.75, 3.05) is 6.61 Å². The number of alkyl halides is 1. The van der Waals surface area contributed by atoms with E-state index in [0.29, 0.717) is 19.3 Å². The Hall–Kier alpha value is -0.820. The van der Waals surface area contributed by atoms with Gasteiger partial charge in [0.2, 0.25) is 0 Å². The third-order valence-electron chi connectivity index (χ3n) is 9.16. The van der Waals surface area contributed by atoms with Gasteiger partial charge in [-0.25, -0.2) is 0 Å². The van der Waals surface area contributed by atoms with Crippen LogP contribution in [0.4, 0.5) is 0 Å². The van der Waals surface area contributed by atoms with Crippen LogP contribution in [-0.2, 0) is 28.6 Å². The second-order valence-corrected chi connectivity index (χ2v) is 13.5. The van der Waals surface area contributed by atoms with Gasteiger partial charge in [-0.3, -0.25) is 14.4 Å². The first-order chi connectivity index (χ1) is 16.4. The zero-order chi connectivity index (χ0) is 27.5. The highest BCUT2D eigenvalue weighted by molar-refractivity contribution is 14.1. The smallest absolute Gasteiger partial charge is 0.305 e. The van der Waals surface area contributed by atoms with E-state index in [4.69, 9.17) is 14.2 Å². The molecule has 3 fully saturated rings. The van der Waals surface area contributed by atoms with E-state index in [0.717, 1.165) is 0 Å². The van der Waals surface area contributed by atoms with Crippen LogP contribution in [0.1, 0.15) is 80.6 Å². The second-order valence-electron chi connectivity index (χ2n) is 12.0. The van der Waals surface area contributed by atoms with E-state index >= 15 is 0 Å². The molecule has 0 aromatic heterocycles. The molecule has 3 N–H and O–H groups in total. The number of carbonyl (C=O) groups is 3. The lowest BCUT2D eigenvalue weighted by Gasteiger charge is -2.71. The molecule has 0 bridgehead atoms. The largest absolute Gasteiger partial charge is 0.466 e. The van der Waals surface area contributed by atoms with Crippen LogP contribution in [-0.4, -0.2) is 78.7 Å². The van der Waals surface area contributed by atoms with Crippen molar-refractivity contribution in [3.05, 3.63) is 0 Å². The van der Waals surface area contributed by atoms with Crippen molar-refractivity contribution < 1.29 is 43.9 Å². The van der Waals surface area contributed by atoms with E-state index in [1.807, 2.05) is 13.8 Å². The fourth-order valence-corrected chi connectivity index (χ4v) is 8.16. The minimum absolute atomic E-state index is 0.123. The molecule has 206 valence electrons. The molecule has 3 aliphatic rings. The molecule has 10 heteroatoms. The average Bonchev–Trinajstić information content (AvgIpc) is 2.75. The molecule has 0 radical (unpaired) electrons. The van der Waals surface area contributed by atoms with Crippen molar-refractivity contribution in [3.63, 3.8) is 0 Å². The van der Waals surface area contributed by atoms with Crippen LogP contribution in [0.15, 0.2) is 0 Å². The summed E-state index contributed by atoms with van der Waals surface area (Å²) in [7, 11) is 0. The molecule has 1 saturated heterocycles. The van der Waals surface area contributed by atoms with Gasteiger partial charge in [0.1, 0.15) is 5.60 Å². The van der Waals surface area contributed by atoms with Crippen LogP contribution in [0.2, 0.25) is 0 Å². The Morgan fingerprint density at radius 1 is 1.19 bits per heavy atom. The van der Waals surface area contributed by atoms with Gasteiger partial charge in [0, 0.05) is 35.0 Å². The first-order valence-electron chi connectivity index (χ1n) is 12.7. The van der Waals surface area contributed by atoms with Gasteiger partial charge in [-0.1, -0.05) is 43.4 Å². The van der Waals surface area contributed by atoms with E-state index < -0.39 is 63.6 Å². The van der Waals surface area contributed by atoms with Gasteiger partial charge >= 0.3 is 11.9 Å². The number of esters is 2. The fourth-order valence-electron chi connectivity index (χ4n) is 7.50. The fraction of sp³-hybridized carbons (Fsp3) is 0.885. The summed E-state index contributed by atoms with van der Waals surface area (Å²) in [4.78, 5) is 38.3. The molecule has 2 saturated carbocycles. The Morgan fingerprint density at radius 2 is 1.81 bits per heavy atom. The first-order valence-corrected chi connectivity index (χ1v) is 14.0. The van der Waals surface area contributed by atoms with Gasteiger partial charge in [-0.05, 0) is 45.4 Å². The third-order valence-corrected chi connectivity index (χ3v) is 11.1. The molecule has 3 rings (SSSR count). The third kappa shape index (κ3) is 4.23. The molecule has 9 nitrogen and oxygen atoms in total. The molecule has 0 unspecified atom stereocenters.